The monoisotopic (exact) mass is 791 g/mol. The normalized spacial score (nSPS) is 14.1. The predicted octanol–water partition coefficient (Wildman–Crippen LogP) is 14.5. The van der Waals surface area contributed by atoms with Gasteiger partial charge in [-0.05, 0) is 81.9 Å². The van der Waals surface area contributed by atoms with E-state index in [1.807, 2.05) is 0 Å². The molecule has 5 nitrogen and oxygen atoms in total. The average Bonchev–Trinajstić information content (AvgIpc) is 3.85. The standard InChI is InChI=1S/C57H37N5/c1-3-17-38(18-4-1)55-58-56(60-57(59-55)46-26-13-19-36-15-7-9-23-42(36)46)40-29-31-43-39(33-40)20-14-28-49(43)62-50-27-12-11-25-45(50)47-34-48-53(35-52(47)62)61(41-21-5-2-6-22-41)51-32-30-37-16-8-10-24-44(37)54(48)51/h1-17,19-35,38H,18H2. The van der Waals surface area contributed by atoms with Crippen molar-refractivity contribution >= 4 is 75.9 Å². The number of hydrogen-bond donors (Lipinski definition) is 0. The molecule has 0 saturated carbocycles. The van der Waals surface area contributed by atoms with Crippen LogP contribution in [0.25, 0.3) is 110 Å². The first-order valence-corrected chi connectivity index (χ1v) is 21.3. The number of allylic oxidation sites excluding steroid dienone is 4. The van der Waals surface area contributed by atoms with Crippen molar-refractivity contribution < 1.29 is 0 Å². The molecule has 0 fully saturated rings. The second-order valence-electron chi connectivity index (χ2n) is 16.3. The van der Waals surface area contributed by atoms with E-state index in [9.17, 15) is 0 Å². The lowest BCUT2D eigenvalue weighted by Crippen LogP contribution is -2.08. The molecule has 1 aliphatic carbocycles. The van der Waals surface area contributed by atoms with Gasteiger partial charge in [-0.3, -0.25) is 0 Å². The molecule has 13 rings (SSSR count). The first kappa shape index (κ1) is 34.7. The highest BCUT2D eigenvalue weighted by Gasteiger charge is 2.22. The molecule has 12 aromatic rings. The first-order chi connectivity index (χ1) is 30.7. The molecule has 0 radical (unpaired) electrons. The van der Waals surface area contributed by atoms with Crippen LogP contribution >= 0.6 is 0 Å². The van der Waals surface area contributed by atoms with E-state index in [0.717, 1.165) is 61.8 Å². The minimum absolute atomic E-state index is 0.0728. The molecule has 5 heteroatoms. The number of fused-ring (bicyclic) bond motifs is 10. The Kier molecular flexibility index (Phi) is 7.66. The number of rotatable bonds is 5. The number of hydrogen-bond acceptors (Lipinski definition) is 3. The Labute approximate surface area is 357 Å². The van der Waals surface area contributed by atoms with E-state index < -0.39 is 0 Å². The maximum absolute atomic E-state index is 5.21. The number of nitrogens with zero attached hydrogens (tertiary/aromatic N) is 5. The van der Waals surface area contributed by atoms with Crippen molar-refractivity contribution in [3.63, 3.8) is 0 Å². The van der Waals surface area contributed by atoms with Gasteiger partial charge in [-0.1, -0.05) is 158 Å². The Morgan fingerprint density at radius 2 is 1.15 bits per heavy atom. The largest absolute Gasteiger partial charge is 0.309 e. The summed E-state index contributed by atoms with van der Waals surface area (Å²) in [6, 6.07) is 65.8. The van der Waals surface area contributed by atoms with E-state index in [4.69, 9.17) is 15.0 Å². The molecular formula is C57H37N5. The molecule has 0 N–H and O–H groups in total. The maximum atomic E-state index is 5.21. The predicted molar refractivity (Wildman–Crippen MR) is 258 cm³/mol. The minimum Gasteiger partial charge on any atom is -0.309 e. The van der Waals surface area contributed by atoms with E-state index >= 15 is 0 Å². The Morgan fingerprint density at radius 1 is 0.419 bits per heavy atom. The highest BCUT2D eigenvalue weighted by Crippen LogP contribution is 2.43. The van der Waals surface area contributed by atoms with Gasteiger partial charge in [0.2, 0.25) is 0 Å². The summed E-state index contributed by atoms with van der Waals surface area (Å²) < 4.78 is 4.89. The van der Waals surface area contributed by atoms with Crippen molar-refractivity contribution in [2.45, 2.75) is 12.3 Å². The van der Waals surface area contributed by atoms with E-state index in [1.165, 1.54) is 48.9 Å². The highest BCUT2D eigenvalue weighted by atomic mass is 15.0. The number of aromatic nitrogens is 5. The van der Waals surface area contributed by atoms with Crippen LogP contribution in [0.1, 0.15) is 18.2 Å². The van der Waals surface area contributed by atoms with Crippen LogP contribution in [0.3, 0.4) is 0 Å². The maximum Gasteiger partial charge on any atom is 0.164 e. The van der Waals surface area contributed by atoms with Crippen LogP contribution in [0.2, 0.25) is 0 Å². The Morgan fingerprint density at radius 3 is 2.02 bits per heavy atom. The molecule has 1 atom stereocenters. The van der Waals surface area contributed by atoms with Crippen LogP contribution in [0.5, 0.6) is 0 Å². The van der Waals surface area contributed by atoms with Crippen molar-refractivity contribution in [3.8, 4) is 34.2 Å². The lowest BCUT2D eigenvalue weighted by Gasteiger charge is -2.16. The molecule has 0 aliphatic heterocycles. The summed E-state index contributed by atoms with van der Waals surface area (Å²) in [4.78, 5) is 15.5. The summed E-state index contributed by atoms with van der Waals surface area (Å²) in [5.74, 6) is 2.22. The van der Waals surface area contributed by atoms with Gasteiger partial charge in [-0.2, -0.15) is 0 Å². The molecule has 0 spiro atoms. The highest BCUT2D eigenvalue weighted by molar-refractivity contribution is 6.25. The van der Waals surface area contributed by atoms with Gasteiger partial charge in [0.1, 0.15) is 5.82 Å². The molecule has 9 aromatic carbocycles. The summed E-state index contributed by atoms with van der Waals surface area (Å²) in [5.41, 5.74) is 8.94. The third-order valence-corrected chi connectivity index (χ3v) is 12.8. The molecular weight excluding hydrogens is 755 g/mol. The van der Waals surface area contributed by atoms with Crippen LogP contribution < -0.4 is 0 Å². The number of para-hydroxylation sites is 2. The molecule has 3 heterocycles. The quantitative estimate of drug-likeness (QED) is 0.174. The third-order valence-electron chi connectivity index (χ3n) is 12.8. The SMILES string of the molecule is C1=CCC(c2nc(-c3ccc4c(-n5c6ccccc6c6cc7c8c9ccccc9ccc8n(-c8ccccc8)c7cc65)cccc4c3)nc(-c3cccc4ccccc34)n2)C=C1. The fourth-order valence-electron chi connectivity index (χ4n) is 9.96. The van der Waals surface area contributed by atoms with Crippen molar-refractivity contribution in [3.05, 3.63) is 212 Å². The molecule has 0 bridgehead atoms. The van der Waals surface area contributed by atoms with Gasteiger partial charge in [-0.25, -0.2) is 15.0 Å². The summed E-state index contributed by atoms with van der Waals surface area (Å²) in [6.45, 7) is 0. The van der Waals surface area contributed by atoms with Crippen LogP contribution in [0.4, 0.5) is 0 Å². The Balaban J connectivity index is 1.03. The van der Waals surface area contributed by atoms with Gasteiger partial charge in [0.25, 0.3) is 0 Å². The summed E-state index contributed by atoms with van der Waals surface area (Å²) in [5, 5.41) is 12.0. The molecule has 3 aromatic heterocycles. The second-order valence-corrected chi connectivity index (χ2v) is 16.3. The van der Waals surface area contributed by atoms with Gasteiger partial charge in [0.05, 0.1) is 27.8 Å². The van der Waals surface area contributed by atoms with Crippen molar-refractivity contribution in [2.24, 2.45) is 0 Å². The zero-order valence-corrected chi connectivity index (χ0v) is 33.7. The summed E-state index contributed by atoms with van der Waals surface area (Å²) in [6.07, 6.45) is 9.42. The van der Waals surface area contributed by atoms with Crippen LogP contribution in [-0.2, 0) is 0 Å². The van der Waals surface area contributed by atoms with Crippen molar-refractivity contribution in [1.29, 1.82) is 0 Å². The van der Waals surface area contributed by atoms with E-state index in [1.54, 1.807) is 0 Å². The molecule has 0 saturated heterocycles. The summed E-state index contributed by atoms with van der Waals surface area (Å²) >= 11 is 0. The smallest absolute Gasteiger partial charge is 0.164 e. The van der Waals surface area contributed by atoms with E-state index in [-0.39, 0.29) is 5.92 Å². The van der Waals surface area contributed by atoms with Gasteiger partial charge >= 0.3 is 0 Å². The van der Waals surface area contributed by atoms with Crippen LogP contribution in [-0.4, -0.2) is 24.1 Å². The van der Waals surface area contributed by atoms with E-state index in [0.29, 0.717) is 11.6 Å². The first-order valence-electron chi connectivity index (χ1n) is 21.3. The van der Waals surface area contributed by atoms with Gasteiger partial charge in [-0.15, -0.1) is 0 Å². The molecule has 0 amide bonds. The number of benzene rings is 9. The lowest BCUT2D eigenvalue weighted by molar-refractivity contribution is 0.764. The Hall–Kier alpha value is -8.15. The molecule has 1 aliphatic rings. The summed E-state index contributed by atoms with van der Waals surface area (Å²) in [7, 11) is 0. The lowest BCUT2D eigenvalue weighted by atomic mass is 9.99. The average molecular weight is 792 g/mol. The van der Waals surface area contributed by atoms with Crippen molar-refractivity contribution in [1.82, 2.24) is 24.1 Å². The zero-order chi connectivity index (χ0) is 40.7. The van der Waals surface area contributed by atoms with Gasteiger partial charge < -0.3 is 9.13 Å². The zero-order valence-electron chi connectivity index (χ0n) is 33.7. The molecule has 1 unspecified atom stereocenters. The fraction of sp³-hybridized carbons (Fsp3) is 0.0351. The van der Waals surface area contributed by atoms with Gasteiger partial charge in [0, 0.05) is 49.7 Å². The molecule has 62 heavy (non-hydrogen) atoms. The third kappa shape index (κ3) is 5.31. The van der Waals surface area contributed by atoms with Gasteiger partial charge in [0.15, 0.2) is 11.6 Å². The topological polar surface area (TPSA) is 48.5 Å². The second kappa shape index (κ2) is 13.7. The van der Waals surface area contributed by atoms with E-state index in [2.05, 4.69) is 215 Å². The van der Waals surface area contributed by atoms with Crippen molar-refractivity contribution in [2.75, 3.05) is 0 Å². The molecule has 290 valence electrons. The minimum atomic E-state index is 0.0728. The Bertz CT molecular complexity index is 3850. The van der Waals surface area contributed by atoms with Crippen LogP contribution in [0, 0.1) is 0 Å². The fourth-order valence-corrected chi connectivity index (χ4v) is 9.96. The van der Waals surface area contributed by atoms with Crippen LogP contribution in [0.15, 0.2) is 206 Å².